The van der Waals surface area contributed by atoms with E-state index in [0.717, 1.165) is 12.1 Å². The first-order chi connectivity index (χ1) is 11.5. The Morgan fingerprint density at radius 2 is 1.96 bits per heavy atom. The molecule has 1 atom stereocenters. The van der Waals surface area contributed by atoms with E-state index < -0.39 is 0 Å². The zero-order chi connectivity index (χ0) is 17.5. The highest BCUT2D eigenvalue weighted by atomic mass is 16.5. The smallest absolute Gasteiger partial charge is 0.193 e. The minimum absolute atomic E-state index is 0.0921. The molecule has 5 heteroatoms. The van der Waals surface area contributed by atoms with Gasteiger partial charge in [-0.1, -0.05) is 38.1 Å². The van der Waals surface area contributed by atoms with Gasteiger partial charge in [0, 0.05) is 11.3 Å². The first kappa shape index (κ1) is 17.7. The number of para-hydroxylation sites is 1. The highest BCUT2D eigenvalue weighted by molar-refractivity contribution is 5.92. The molecule has 0 spiro atoms. The summed E-state index contributed by atoms with van der Waals surface area (Å²) in [6, 6.07) is 13.5. The number of guanidine groups is 1. The van der Waals surface area contributed by atoms with E-state index >= 15 is 0 Å². The fourth-order valence-electron chi connectivity index (χ4n) is 2.35. The number of ether oxygens (including phenoxy) is 1. The first-order valence-corrected chi connectivity index (χ1v) is 8.06. The Labute approximate surface area is 143 Å². The van der Waals surface area contributed by atoms with Crippen LogP contribution in [0, 0.1) is 0 Å². The van der Waals surface area contributed by atoms with Gasteiger partial charge in [-0.3, -0.25) is 0 Å². The van der Waals surface area contributed by atoms with Gasteiger partial charge in [-0.25, -0.2) is 4.99 Å². The van der Waals surface area contributed by atoms with Crippen molar-refractivity contribution >= 4 is 11.6 Å². The molecule has 2 rings (SSSR count). The third-order valence-electron chi connectivity index (χ3n) is 4.09. The van der Waals surface area contributed by atoms with Crippen LogP contribution in [0.5, 0.6) is 11.5 Å². The topological polar surface area (TPSA) is 79.9 Å². The summed E-state index contributed by atoms with van der Waals surface area (Å²) in [5.74, 6) is 1.36. The van der Waals surface area contributed by atoms with Crippen LogP contribution in [0.15, 0.2) is 47.5 Å². The van der Waals surface area contributed by atoms with Crippen LogP contribution >= 0.6 is 0 Å². The fourth-order valence-corrected chi connectivity index (χ4v) is 2.35. The summed E-state index contributed by atoms with van der Waals surface area (Å²) in [6.45, 7) is 4.65. The maximum Gasteiger partial charge on any atom is 0.193 e. The van der Waals surface area contributed by atoms with Crippen LogP contribution in [0.4, 0.5) is 5.69 Å². The van der Waals surface area contributed by atoms with Gasteiger partial charge in [0.15, 0.2) is 17.5 Å². The van der Waals surface area contributed by atoms with Crippen LogP contribution in [-0.2, 0) is 6.54 Å². The molecule has 0 radical (unpaired) electrons. The van der Waals surface area contributed by atoms with E-state index in [2.05, 4.69) is 36.3 Å². The number of anilines is 1. The van der Waals surface area contributed by atoms with Crippen molar-refractivity contribution in [2.24, 2.45) is 10.7 Å². The van der Waals surface area contributed by atoms with Gasteiger partial charge in [-0.15, -0.1) is 0 Å². The SMILES string of the molecule is CCC(C)c1ccc(NC(N)=NCc2cccc(OC)c2O)cc1. The number of phenolic OH excluding ortho intramolecular Hbond substituents is 1. The number of phenols is 1. The predicted molar refractivity (Wildman–Crippen MR) is 98.8 cm³/mol. The summed E-state index contributed by atoms with van der Waals surface area (Å²) >= 11 is 0. The quantitative estimate of drug-likeness (QED) is 0.556. The molecule has 5 nitrogen and oxygen atoms in total. The lowest BCUT2D eigenvalue weighted by molar-refractivity contribution is 0.370. The average molecular weight is 327 g/mol. The predicted octanol–water partition coefficient (Wildman–Crippen LogP) is 3.84. The molecule has 0 saturated carbocycles. The second-order valence-corrected chi connectivity index (χ2v) is 5.73. The normalized spacial score (nSPS) is 12.7. The van der Waals surface area contributed by atoms with Gasteiger partial charge in [0.05, 0.1) is 13.7 Å². The van der Waals surface area contributed by atoms with Gasteiger partial charge in [0.25, 0.3) is 0 Å². The van der Waals surface area contributed by atoms with Crippen molar-refractivity contribution in [1.82, 2.24) is 0 Å². The summed E-state index contributed by atoms with van der Waals surface area (Å²) in [5.41, 5.74) is 8.78. The monoisotopic (exact) mass is 327 g/mol. The second kappa shape index (κ2) is 8.24. The number of hydrogen-bond acceptors (Lipinski definition) is 3. The number of rotatable bonds is 6. The van der Waals surface area contributed by atoms with Crippen molar-refractivity contribution in [2.75, 3.05) is 12.4 Å². The molecule has 0 saturated heterocycles. The number of methoxy groups -OCH3 is 1. The fraction of sp³-hybridized carbons (Fsp3) is 0.316. The lowest BCUT2D eigenvalue weighted by Gasteiger charge is -2.11. The zero-order valence-corrected chi connectivity index (χ0v) is 14.4. The zero-order valence-electron chi connectivity index (χ0n) is 14.4. The molecule has 0 aliphatic carbocycles. The summed E-state index contributed by atoms with van der Waals surface area (Å²) < 4.78 is 5.08. The number of aromatic hydroxyl groups is 1. The van der Waals surface area contributed by atoms with E-state index in [0.29, 0.717) is 23.2 Å². The van der Waals surface area contributed by atoms with Crippen LogP contribution in [0.25, 0.3) is 0 Å². The summed E-state index contributed by atoms with van der Waals surface area (Å²) in [5, 5.41) is 13.1. The minimum Gasteiger partial charge on any atom is -0.504 e. The van der Waals surface area contributed by atoms with Crippen molar-refractivity contribution in [3.63, 3.8) is 0 Å². The highest BCUT2D eigenvalue weighted by Crippen LogP contribution is 2.29. The Hall–Kier alpha value is -2.69. The molecule has 0 bridgehead atoms. The number of nitrogens with one attached hydrogen (secondary N) is 1. The summed E-state index contributed by atoms with van der Waals surface area (Å²) in [4.78, 5) is 4.27. The maximum absolute atomic E-state index is 10.0. The van der Waals surface area contributed by atoms with Crippen LogP contribution in [-0.4, -0.2) is 18.2 Å². The molecule has 2 aromatic carbocycles. The van der Waals surface area contributed by atoms with Gasteiger partial charge < -0.3 is 20.9 Å². The molecular weight excluding hydrogens is 302 g/mol. The minimum atomic E-state index is 0.0921. The molecular formula is C19H25N3O2. The third kappa shape index (κ3) is 4.41. The third-order valence-corrected chi connectivity index (χ3v) is 4.09. The number of nitrogens with zero attached hydrogens (tertiary/aromatic N) is 1. The lowest BCUT2D eigenvalue weighted by Crippen LogP contribution is -2.22. The molecule has 24 heavy (non-hydrogen) atoms. The van der Waals surface area contributed by atoms with Crippen LogP contribution in [0.1, 0.15) is 37.3 Å². The van der Waals surface area contributed by atoms with E-state index in [1.165, 1.54) is 12.7 Å². The van der Waals surface area contributed by atoms with Crippen LogP contribution in [0.3, 0.4) is 0 Å². The maximum atomic E-state index is 10.0. The molecule has 0 aromatic heterocycles. The summed E-state index contributed by atoms with van der Waals surface area (Å²) in [6.07, 6.45) is 1.11. The molecule has 1 unspecified atom stereocenters. The molecule has 128 valence electrons. The molecule has 0 amide bonds. The van der Waals surface area contributed by atoms with E-state index in [9.17, 15) is 5.11 Å². The van der Waals surface area contributed by atoms with Crippen LogP contribution in [0.2, 0.25) is 0 Å². The molecule has 2 aromatic rings. The van der Waals surface area contributed by atoms with Gasteiger partial charge in [-0.05, 0) is 36.1 Å². The van der Waals surface area contributed by atoms with E-state index in [4.69, 9.17) is 10.5 Å². The Morgan fingerprint density at radius 3 is 2.58 bits per heavy atom. The van der Waals surface area contributed by atoms with Crippen molar-refractivity contribution < 1.29 is 9.84 Å². The van der Waals surface area contributed by atoms with E-state index in [1.807, 2.05) is 12.1 Å². The van der Waals surface area contributed by atoms with Gasteiger partial charge in [0.1, 0.15) is 0 Å². The molecule has 0 aliphatic rings. The summed E-state index contributed by atoms with van der Waals surface area (Å²) in [7, 11) is 1.51. The van der Waals surface area contributed by atoms with Crippen molar-refractivity contribution in [3.8, 4) is 11.5 Å². The molecule has 0 aliphatic heterocycles. The van der Waals surface area contributed by atoms with E-state index in [1.54, 1.807) is 18.2 Å². The Balaban J connectivity index is 2.02. The number of aliphatic imine (C=N–C) groups is 1. The average Bonchev–Trinajstić information content (AvgIpc) is 2.61. The van der Waals surface area contributed by atoms with E-state index in [-0.39, 0.29) is 12.3 Å². The number of hydrogen-bond donors (Lipinski definition) is 3. The Bertz CT molecular complexity index is 696. The van der Waals surface area contributed by atoms with Gasteiger partial charge in [0.2, 0.25) is 0 Å². The number of benzene rings is 2. The highest BCUT2D eigenvalue weighted by Gasteiger charge is 2.07. The van der Waals surface area contributed by atoms with Crippen LogP contribution < -0.4 is 15.8 Å². The van der Waals surface area contributed by atoms with Gasteiger partial charge in [-0.2, -0.15) is 0 Å². The largest absolute Gasteiger partial charge is 0.504 e. The number of nitrogens with two attached hydrogens (primary N) is 1. The first-order valence-electron chi connectivity index (χ1n) is 8.06. The molecule has 0 fully saturated rings. The Kier molecular flexibility index (Phi) is 6.07. The van der Waals surface area contributed by atoms with Crippen molar-refractivity contribution in [2.45, 2.75) is 32.7 Å². The Morgan fingerprint density at radius 1 is 1.25 bits per heavy atom. The van der Waals surface area contributed by atoms with Gasteiger partial charge >= 0.3 is 0 Å². The molecule has 4 N–H and O–H groups in total. The standard InChI is InChI=1S/C19H25N3O2/c1-4-13(2)14-8-10-16(11-9-14)22-19(20)21-12-15-6-5-7-17(24-3)18(15)23/h5-11,13,23H,4,12H2,1-3H3,(H3,20,21,22). The van der Waals surface area contributed by atoms with Crippen molar-refractivity contribution in [3.05, 3.63) is 53.6 Å². The second-order valence-electron chi connectivity index (χ2n) is 5.73. The molecule has 0 heterocycles. The lowest BCUT2D eigenvalue weighted by atomic mass is 9.99. The van der Waals surface area contributed by atoms with Crippen molar-refractivity contribution in [1.29, 1.82) is 0 Å².